The van der Waals surface area contributed by atoms with Crippen molar-refractivity contribution in [3.05, 3.63) is 64.7 Å². The third-order valence-corrected chi connectivity index (χ3v) is 7.93. The molecule has 0 aromatic heterocycles. The van der Waals surface area contributed by atoms with E-state index in [-0.39, 0.29) is 23.2 Å². The molecule has 2 aliphatic rings. The average Bonchev–Trinajstić information content (AvgIpc) is 2.91. The van der Waals surface area contributed by atoms with Gasteiger partial charge in [-0.1, -0.05) is 50.2 Å². The zero-order valence-electron chi connectivity index (χ0n) is 17.0. The van der Waals surface area contributed by atoms with E-state index in [0.717, 1.165) is 30.4 Å². The molecule has 0 spiro atoms. The Balaban J connectivity index is 1.43. The minimum atomic E-state index is -3.12. The van der Waals surface area contributed by atoms with Gasteiger partial charge < -0.3 is 10.6 Å². The summed E-state index contributed by atoms with van der Waals surface area (Å²) in [5.41, 5.74) is 4.43. The van der Waals surface area contributed by atoms with Crippen LogP contribution in [0.15, 0.2) is 47.4 Å². The van der Waals surface area contributed by atoms with Crippen LogP contribution in [0.1, 0.15) is 55.0 Å². The van der Waals surface area contributed by atoms with E-state index in [4.69, 9.17) is 0 Å². The van der Waals surface area contributed by atoms with Crippen molar-refractivity contribution in [2.45, 2.75) is 57.0 Å². The van der Waals surface area contributed by atoms with Gasteiger partial charge in [-0.05, 0) is 59.4 Å². The Kier molecular flexibility index (Phi) is 5.15. The maximum Gasteiger partial charge on any atom is 0.315 e. The van der Waals surface area contributed by atoms with Gasteiger partial charge in [-0.2, -0.15) is 0 Å². The number of benzene rings is 2. The first kappa shape index (κ1) is 20.0. The van der Waals surface area contributed by atoms with E-state index in [1.54, 1.807) is 12.1 Å². The predicted octanol–water partition coefficient (Wildman–Crippen LogP) is 3.92. The number of sulfone groups is 1. The minimum Gasteiger partial charge on any atom is -0.334 e. The quantitative estimate of drug-likeness (QED) is 0.751. The lowest BCUT2D eigenvalue weighted by atomic mass is 9.83. The van der Waals surface area contributed by atoms with Crippen molar-refractivity contribution in [1.29, 1.82) is 0 Å². The fourth-order valence-electron chi connectivity index (χ4n) is 4.46. The highest BCUT2D eigenvalue weighted by Crippen LogP contribution is 2.39. The van der Waals surface area contributed by atoms with E-state index >= 15 is 0 Å². The van der Waals surface area contributed by atoms with Gasteiger partial charge in [-0.25, -0.2) is 13.2 Å². The molecule has 1 aliphatic carbocycles. The summed E-state index contributed by atoms with van der Waals surface area (Å²) in [4.78, 5) is 13.1. The average molecular weight is 413 g/mol. The zero-order chi connectivity index (χ0) is 20.6. The van der Waals surface area contributed by atoms with Crippen LogP contribution >= 0.6 is 0 Å². The molecule has 0 fully saturated rings. The van der Waals surface area contributed by atoms with Gasteiger partial charge in [0.1, 0.15) is 0 Å². The summed E-state index contributed by atoms with van der Waals surface area (Å²) in [6.07, 6.45) is 3.57. The first-order chi connectivity index (χ1) is 13.7. The molecule has 0 bridgehead atoms. The summed E-state index contributed by atoms with van der Waals surface area (Å²) in [6.45, 7) is 4.88. The molecule has 4 rings (SSSR count). The van der Waals surface area contributed by atoms with E-state index in [1.807, 2.05) is 12.1 Å². The lowest BCUT2D eigenvalue weighted by Gasteiger charge is -2.27. The van der Waals surface area contributed by atoms with Crippen LogP contribution in [0, 0.1) is 5.41 Å². The van der Waals surface area contributed by atoms with E-state index in [2.05, 4.69) is 42.7 Å². The third-order valence-electron chi connectivity index (χ3n) is 6.12. The number of carbonyl (C=O) groups excluding carboxylic acids is 1. The Morgan fingerprint density at radius 1 is 1.10 bits per heavy atom. The number of fused-ring (bicyclic) bond motifs is 2. The molecule has 0 radical (unpaired) electrons. The third kappa shape index (κ3) is 4.32. The molecular weight excluding hydrogens is 384 g/mol. The number of hydrogen-bond donors (Lipinski definition) is 2. The molecule has 1 aliphatic heterocycles. The fraction of sp³-hybridized carbons (Fsp3) is 0.435. The molecule has 2 amide bonds. The Labute approximate surface area is 172 Å². The highest BCUT2D eigenvalue weighted by molar-refractivity contribution is 7.91. The fourth-order valence-corrected chi connectivity index (χ4v) is 6.00. The summed E-state index contributed by atoms with van der Waals surface area (Å²) in [5, 5.41) is 6.10. The number of rotatable bonds is 3. The second kappa shape index (κ2) is 7.48. The van der Waals surface area contributed by atoms with E-state index in [1.165, 1.54) is 11.1 Å². The Morgan fingerprint density at radius 2 is 1.90 bits per heavy atom. The topological polar surface area (TPSA) is 75.3 Å². The maximum absolute atomic E-state index is 12.6. The molecule has 0 saturated carbocycles. The molecule has 2 N–H and O–H groups in total. The molecule has 1 heterocycles. The molecule has 1 atom stereocenters. The molecular formula is C23H28N2O3S. The predicted molar refractivity (Wildman–Crippen MR) is 113 cm³/mol. The summed E-state index contributed by atoms with van der Waals surface area (Å²) >= 11 is 0. The van der Waals surface area contributed by atoms with Crippen molar-refractivity contribution in [2.75, 3.05) is 5.75 Å². The second-order valence-corrected chi connectivity index (χ2v) is 11.0. The van der Waals surface area contributed by atoms with E-state index in [9.17, 15) is 13.2 Å². The van der Waals surface area contributed by atoms with Crippen LogP contribution in [-0.4, -0.2) is 20.2 Å². The van der Waals surface area contributed by atoms with Gasteiger partial charge >= 0.3 is 6.03 Å². The smallest absolute Gasteiger partial charge is 0.315 e. The van der Waals surface area contributed by atoms with Gasteiger partial charge in [0.25, 0.3) is 0 Å². The molecule has 154 valence electrons. The van der Waals surface area contributed by atoms with E-state index < -0.39 is 9.84 Å². The number of carbonyl (C=O) groups is 1. The Morgan fingerprint density at radius 3 is 2.72 bits per heavy atom. The molecule has 29 heavy (non-hydrogen) atoms. The standard InChI is InChI=1S/C23H28N2O3S/c1-23(2)11-9-17-5-3-4-6-19(17)20(14-23)25-22(26)24-15-16-7-8-21-18(13-16)10-12-29(21,27)28/h3-8,13,20H,9-12,14-15H2,1-2H3,(H2,24,25,26). The van der Waals surface area contributed by atoms with Crippen molar-refractivity contribution in [1.82, 2.24) is 10.6 Å². The van der Waals surface area contributed by atoms with Crippen molar-refractivity contribution < 1.29 is 13.2 Å². The molecule has 1 unspecified atom stereocenters. The number of aryl methyl sites for hydroxylation is 2. The summed E-state index contributed by atoms with van der Waals surface area (Å²) in [5.74, 6) is 0.177. The number of hydrogen-bond acceptors (Lipinski definition) is 3. The second-order valence-electron chi connectivity index (χ2n) is 8.96. The highest BCUT2D eigenvalue weighted by atomic mass is 32.2. The maximum atomic E-state index is 12.6. The zero-order valence-corrected chi connectivity index (χ0v) is 17.8. The van der Waals surface area contributed by atoms with Crippen LogP contribution in [0.3, 0.4) is 0 Å². The Hall–Kier alpha value is -2.34. The Bertz CT molecular complexity index is 1040. The van der Waals surface area contributed by atoms with Crippen LogP contribution in [0.25, 0.3) is 0 Å². The lowest BCUT2D eigenvalue weighted by molar-refractivity contribution is 0.226. The van der Waals surface area contributed by atoms with Gasteiger partial charge in [0.05, 0.1) is 16.7 Å². The normalized spacial score (nSPS) is 21.5. The SMILES string of the molecule is CC1(C)CCc2ccccc2C(NC(=O)NCc2ccc3c(c2)CCS3(=O)=O)C1. The van der Waals surface area contributed by atoms with Crippen LogP contribution < -0.4 is 10.6 Å². The summed E-state index contributed by atoms with van der Waals surface area (Å²) in [6, 6.07) is 13.5. The van der Waals surface area contributed by atoms with Gasteiger partial charge in [-0.15, -0.1) is 0 Å². The van der Waals surface area contributed by atoms with Gasteiger partial charge in [0.15, 0.2) is 9.84 Å². The number of amides is 2. The highest BCUT2D eigenvalue weighted by Gasteiger charge is 2.30. The van der Waals surface area contributed by atoms with Crippen LogP contribution in [0.5, 0.6) is 0 Å². The van der Waals surface area contributed by atoms with Crippen molar-refractivity contribution >= 4 is 15.9 Å². The largest absolute Gasteiger partial charge is 0.334 e. The van der Waals surface area contributed by atoms with Crippen LogP contribution in [0.4, 0.5) is 4.79 Å². The first-order valence-electron chi connectivity index (χ1n) is 10.2. The summed E-state index contributed by atoms with van der Waals surface area (Å²) in [7, 11) is -3.12. The molecule has 2 aromatic carbocycles. The van der Waals surface area contributed by atoms with Gasteiger partial charge in [0.2, 0.25) is 0 Å². The summed E-state index contributed by atoms with van der Waals surface area (Å²) < 4.78 is 23.9. The molecule has 5 nitrogen and oxygen atoms in total. The van der Waals surface area contributed by atoms with Crippen LogP contribution in [0.2, 0.25) is 0 Å². The van der Waals surface area contributed by atoms with Crippen LogP contribution in [-0.2, 0) is 29.2 Å². The van der Waals surface area contributed by atoms with Crippen molar-refractivity contribution in [3.8, 4) is 0 Å². The lowest BCUT2D eigenvalue weighted by Crippen LogP contribution is -2.38. The molecule has 6 heteroatoms. The monoisotopic (exact) mass is 412 g/mol. The first-order valence-corrected chi connectivity index (χ1v) is 11.9. The van der Waals surface area contributed by atoms with E-state index in [0.29, 0.717) is 17.9 Å². The molecule has 2 aromatic rings. The minimum absolute atomic E-state index is 0.0196. The molecule has 0 saturated heterocycles. The van der Waals surface area contributed by atoms with Gasteiger partial charge in [0, 0.05) is 6.54 Å². The van der Waals surface area contributed by atoms with Gasteiger partial charge in [-0.3, -0.25) is 0 Å². The van der Waals surface area contributed by atoms with Crippen molar-refractivity contribution in [3.63, 3.8) is 0 Å². The van der Waals surface area contributed by atoms with Crippen molar-refractivity contribution in [2.24, 2.45) is 5.41 Å². The number of urea groups is 1. The number of nitrogens with one attached hydrogen (secondary N) is 2.